The molecule has 7 heteroatoms. The molecular weight excluding hydrogens is 294 g/mol. The van der Waals surface area contributed by atoms with E-state index >= 15 is 0 Å². The van der Waals surface area contributed by atoms with Gasteiger partial charge in [-0.3, -0.25) is 14.0 Å². The molecule has 2 rings (SSSR count). The maximum absolute atomic E-state index is 12.4. The van der Waals surface area contributed by atoms with E-state index in [0.717, 1.165) is 6.54 Å². The molecule has 7 nitrogen and oxygen atoms in total. The zero-order valence-corrected chi connectivity index (χ0v) is 14.0. The zero-order valence-electron chi connectivity index (χ0n) is 14.0. The summed E-state index contributed by atoms with van der Waals surface area (Å²) < 4.78 is 1.64. The number of amides is 2. The van der Waals surface area contributed by atoms with Crippen LogP contribution in [0.15, 0.2) is 24.4 Å². The molecule has 0 aromatic carbocycles. The van der Waals surface area contributed by atoms with E-state index in [9.17, 15) is 9.59 Å². The summed E-state index contributed by atoms with van der Waals surface area (Å²) in [4.78, 5) is 30.9. The molecule has 0 aliphatic heterocycles. The highest BCUT2D eigenvalue weighted by molar-refractivity contribution is 6.02. The molecule has 0 saturated carbocycles. The van der Waals surface area contributed by atoms with E-state index in [0.29, 0.717) is 12.1 Å². The Kier molecular flexibility index (Phi) is 5.33. The van der Waals surface area contributed by atoms with Crippen LogP contribution in [0.1, 0.15) is 35.0 Å². The predicted octanol–water partition coefficient (Wildman–Crippen LogP) is 0.764. The smallest absolute Gasteiger partial charge is 0.287 e. The molecule has 0 aliphatic rings. The number of hydrogen-bond acceptors (Lipinski definition) is 4. The van der Waals surface area contributed by atoms with Crippen molar-refractivity contribution < 1.29 is 9.59 Å². The summed E-state index contributed by atoms with van der Waals surface area (Å²) in [5.41, 5.74) is 0.877. The van der Waals surface area contributed by atoms with E-state index in [-0.39, 0.29) is 29.4 Å². The van der Waals surface area contributed by atoms with E-state index < -0.39 is 0 Å². The van der Waals surface area contributed by atoms with E-state index in [1.807, 2.05) is 38.9 Å². The van der Waals surface area contributed by atoms with Crippen molar-refractivity contribution in [1.29, 1.82) is 0 Å². The lowest BCUT2D eigenvalue weighted by molar-refractivity contribution is 0.0932. The Morgan fingerprint density at radius 1 is 1.26 bits per heavy atom. The van der Waals surface area contributed by atoms with Gasteiger partial charge in [-0.1, -0.05) is 6.07 Å². The lowest BCUT2D eigenvalue weighted by Crippen LogP contribution is -2.32. The fourth-order valence-electron chi connectivity index (χ4n) is 2.17. The number of pyridine rings is 1. The van der Waals surface area contributed by atoms with Gasteiger partial charge in [-0.2, -0.15) is 0 Å². The Morgan fingerprint density at radius 3 is 2.65 bits per heavy atom. The summed E-state index contributed by atoms with van der Waals surface area (Å²) >= 11 is 0. The van der Waals surface area contributed by atoms with Crippen LogP contribution in [0.2, 0.25) is 0 Å². The minimum atomic E-state index is -0.298. The van der Waals surface area contributed by atoms with Gasteiger partial charge in [-0.15, -0.1) is 0 Å². The second kappa shape index (κ2) is 7.23. The number of likely N-dealkylation sites (N-methyl/N-ethyl adjacent to an activating group) is 1. The van der Waals surface area contributed by atoms with E-state index in [1.54, 1.807) is 22.7 Å². The maximum atomic E-state index is 12.4. The number of imidazole rings is 1. The molecule has 2 aromatic rings. The average molecular weight is 317 g/mol. The van der Waals surface area contributed by atoms with E-state index in [4.69, 9.17) is 0 Å². The number of aromatic nitrogens is 2. The molecule has 2 N–H and O–H groups in total. The molecule has 0 atom stereocenters. The topological polar surface area (TPSA) is 78.7 Å². The molecule has 23 heavy (non-hydrogen) atoms. The maximum Gasteiger partial charge on any atom is 0.287 e. The first-order valence-corrected chi connectivity index (χ1v) is 7.61. The summed E-state index contributed by atoms with van der Waals surface area (Å²) in [6.45, 7) is 5.01. The molecule has 2 aromatic heterocycles. The molecule has 0 saturated heterocycles. The van der Waals surface area contributed by atoms with Gasteiger partial charge in [-0.25, -0.2) is 4.98 Å². The highest BCUT2D eigenvalue weighted by Gasteiger charge is 2.21. The third-order valence-electron chi connectivity index (χ3n) is 3.23. The van der Waals surface area contributed by atoms with Crippen molar-refractivity contribution in [2.75, 3.05) is 27.2 Å². The van der Waals surface area contributed by atoms with Crippen LogP contribution in [0.4, 0.5) is 0 Å². The molecule has 0 radical (unpaired) electrons. The van der Waals surface area contributed by atoms with Crippen molar-refractivity contribution in [3.8, 4) is 0 Å². The number of nitrogens with zero attached hydrogens (tertiary/aromatic N) is 3. The SMILES string of the molecule is CC(C)NC(=O)c1nc(C(=O)NCCN(C)C)c2ccccn12. The Hall–Kier alpha value is -2.41. The van der Waals surface area contributed by atoms with Gasteiger partial charge < -0.3 is 15.5 Å². The summed E-state index contributed by atoms with van der Waals surface area (Å²) in [5.74, 6) is -0.361. The summed E-state index contributed by atoms with van der Waals surface area (Å²) in [6.07, 6.45) is 1.73. The van der Waals surface area contributed by atoms with Crippen molar-refractivity contribution >= 4 is 17.3 Å². The highest BCUT2D eigenvalue weighted by Crippen LogP contribution is 2.13. The Balaban J connectivity index is 2.30. The summed E-state index contributed by atoms with van der Waals surface area (Å²) in [6, 6.07) is 5.39. The van der Waals surface area contributed by atoms with Crippen LogP contribution in [0.5, 0.6) is 0 Å². The monoisotopic (exact) mass is 317 g/mol. The van der Waals surface area contributed by atoms with Crippen LogP contribution in [-0.4, -0.2) is 59.3 Å². The van der Waals surface area contributed by atoms with Gasteiger partial charge in [0.2, 0.25) is 5.82 Å². The fourth-order valence-corrected chi connectivity index (χ4v) is 2.17. The van der Waals surface area contributed by atoms with Gasteiger partial charge in [-0.05, 0) is 40.1 Å². The van der Waals surface area contributed by atoms with Gasteiger partial charge in [0.25, 0.3) is 11.8 Å². The first kappa shape index (κ1) is 17.0. The molecule has 0 bridgehead atoms. The van der Waals surface area contributed by atoms with Crippen molar-refractivity contribution in [3.05, 3.63) is 35.9 Å². The van der Waals surface area contributed by atoms with Crippen LogP contribution in [0, 0.1) is 0 Å². The Bertz CT molecular complexity index is 706. The van der Waals surface area contributed by atoms with Crippen LogP contribution < -0.4 is 10.6 Å². The van der Waals surface area contributed by atoms with Crippen molar-refractivity contribution in [1.82, 2.24) is 24.9 Å². The average Bonchev–Trinajstić information content (AvgIpc) is 2.85. The molecule has 124 valence electrons. The van der Waals surface area contributed by atoms with Crippen LogP contribution >= 0.6 is 0 Å². The Morgan fingerprint density at radius 2 is 2.00 bits per heavy atom. The number of carbonyl (C=O) groups is 2. The Labute approximate surface area is 135 Å². The van der Waals surface area contributed by atoms with Crippen LogP contribution in [0.3, 0.4) is 0 Å². The second-order valence-electron chi connectivity index (χ2n) is 5.93. The van der Waals surface area contributed by atoms with Gasteiger partial charge in [0.1, 0.15) is 0 Å². The standard InChI is InChI=1S/C16H23N5O2/c1-11(2)18-16(23)14-19-13(12-7-5-6-9-21(12)14)15(22)17-8-10-20(3)4/h5-7,9,11H,8,10H2,1-4H3,(H,17,22)(H,18,23). The quantitative estimate of drug-likeness (QED) is 0.824. The normalized spacial score (nSPS) is 11.2. The molecule has 0 fully saturated rings. The molecule has 2 heterocycles. The van der Waals surface area contributed by atoms with E-state index in [1.165, 1.54) is 0 Å². The minimum absolute atomic E-state index is 0.00377. The largest absolute Gasteiger partial charge is 0.349 e. The summed E-state index contributed by atoms with van der Waals surface area (Å²) in [7, 11) is 3.87. The first-order valence-electron chi connectivity index (χ1n) is 7.61. The van der Waals surface area contributed by atoms with Crippen molar-refractivity contribution in [3.63, 3.8) is 0 Å². The molecule has 0 aliphatic carbocycles. The molecule has 0 spiro atoms. The predicted molar refractivity (Wildman–Crippen MR) is 88.7 cm³/mol. The number of rotatable bonds is 6. The van der Waals surface area contributed by atoms with Gasteiger partial charge in [0, 0.05) is 25.3 Å². The first-order chi connectivity index (χ1) is 10.9. The fraction of sp³-hybridized carbons (Fsp3) is 0.438. The third-order valence-corrected chi connectivity index (χ3v) is 3.23. The van der Waals surface area contributed by atoms with Gasteiger partial charge >= 0.3 is 0 Å². The second-order valence-corrected chi connectivity index (χ2v) is 5.93. The third kappa shape index (κ3) is 4.07. The van der Waals surface area contributed by atoms with Crippen LogP contribution in [0.25, 0.3) is 5.52 Å². The number of carbonyl (C=O) groups excluding carboxylic acids is 2. The van der Waals surface area contributed by atoms with Gasteiger partial charge in [0.05, 0.1) is 5.52 Å². The molecular formula is C16H23N5O2. The van der Waals surface area contributed by atoms with Crippen molar-refractivity contribution in [2.45, 2.75) is 19.9 Å². The number of fused-ring (bicyclic) bond motifs is 1. The molecule has 2 amide bonds. The lowest BCUT2D eigenvalue weighted by atomic mass is 10.3. The lowest BCUT2D eigenvalue weighted by Gasteiger charge is -2.09. The van der Waals surface area contributed by atoms with Gasteiger partial charge in [0.15, 0.2) is 5.69 Å². The number of nitrogens with one attached hydrogen (secondary N) is 2. The van der Waals surface area contributed by atoms with E-state index in [2.05, 4.69) is 15.6 Å². The van der Waals surface area contributed by atoms with Crippen LogP contribution in [-0.2, 0) is 0 Å². The highest BCUT2D eigenvalue weighted by atomic mass is 16.2. The molecule has 0 unspecified atom stereocenters. The minimum Gasteiger partial charge on any atom is -0.349 e. The summed E-state index contributed by atoms with van der Waals surface area (Å²) in [5, 5.41) is 5.63. The number of hydrogen-bond donors (Lipinski definition) is 2. The zero-order chi connectivity index (χ0) is 17.0. The van der Waals surface area contributed by atoms with Crippen molar-refractivity contribution in [2.24, 2.45) is 0 Å².